The summed E-state index contributed by atoms with van der Waals surface area (Å²) in [4.78, 5) is 12.9. The van der Waals surface area contributed by atoms with Gasteiger partial charge in [-0.3, -0.25) is 4.79 Å². The zero-order valence-electron chi connectivity index (χ0n) is 35.3. The third kappa shape index (κ3) is 12.0. The molecule has 0 bridgehead atoms. The second kappa shape index (κ2) is 21.7. The summed E-state index contributed by atoms with van der Waals surface area (Å²) in [5.74, 6) is 5.56. The van der Waals surface area contributed by atoms with Crippen LogP contribution in [-0.4, -0.2) is 12.1 Å². The lowest BCUT2D eigenvalue weighted by atomic mass is 9.47. The number of allylic oxidation sites excluding steroid dienone is 3. The van der Waals surface area contributed by atoms with Crippen LogP contribution < -0.4 is 0 Å². The summed E-state index contributed by atoms with van der Waals surface area (Å²) < 4.78 is 6.15. The van der Waals surface area contributed by atoms with Crippen molar-refractivity contribution in [2.45, 2.75) is 228 Å². The summed E-state index contributed by atoms with van der Waals surface area (Å²) in [5.41, 5.74) is 2.45. The monoisotopic (exact) mass is 707 g/mol. The van der Waals surface area contributed by atoms with E-state index in [1.54, 1.807) is 5.57 Å². The van der Waals surface area contributed by atoms with Gasteiger partial charge in [0.05, 0.1) is 0 Å². The summed E-state index contributed by atoms with van der Waals surface area (Å²) in [6.45, 7) is 17.2. The molecule has 0 spiro atoms. The minimum Gasteiger partial charge on any atom is -0.462 e. The van der Waals surface area contributed by atoms with Crippen LogP contribution in [0.4, 0.5) is 0 Å². The van der Waals surface area contributed by atoms with Crippen LogP contribution in [0.5, 0.6) is 0 Å². The molecule has 0 aromatic rings. The summed E-state index contributed by atoms with van der Waals surface area (Å²) in [6, 6.07) is 0. The van der Waals surface area contributed by atoms with Gasteiger partial charge in [-0.1, -0.05) is 175 Å². The van der Waals surface area contributed by atoms with E-state index in [1.807, 2.05) is 0 Å². The lowest BCUT2D eigenvalue weighted by Gasteiger charge is -2.58. The van der Waals surface area contributed by atoms with Crippen LogP contribution in [0.2, 0.25) is 0 Å². The first-order valence-corrected chi connectivity index (χ1v) is 23.2. The Labute approximate surface area is 318 Å². The topological polar surface area (TPSA) is 26.3 Å². The quantitative estimate of drug-likeness (QED) is 0.0567. The lowest BCUT2D eigenvalue weighted by molar-refractivity contribution is -0.151. The second-order valence-electron chi connectivity index (χ2n) is 19.3. The lowest BCUT2D eigenvalue weighted by Crippen LogP contribution is -2.51. The van der Waals surface area contributed by atoms with Gasteiger partial charge in [0, 0.05) is 12.8 Å². The molecule has 0 amide bonds. The first-order valence-electron chi connectivity index (χ1n) is 23.2. The van der Waals surface area contributed by atoms with Crippen molar-refractivity contribution in [3.8, 4) is 0 Å². The second-order valence-corrected chi connectivity index (χ2v) is 19.3. The fourth-order valence-electron chi connectivity index (χ4n) is 12.2. The predicted octanol–water partition coefficient (Wildman–Crippen LogP) is 15.4. The van der Waals surface area contributed by atoms with Gasteiger partial charge in [-0.25, -0.2) is 0 Å². The molecule has 2 heteroatoms. The highest BCUT2D eigenvalue weighted by Crippen LogP contribution is 2.67. The van der Waals surface area contributed by atoms with Crippen molar-refractivity contribution in [1.29, 1.82) is 0 Å². The molecule has 4 aliphatic carbocycles. The molecule has 51 heavy (non-hydrogen) atoms. The van der Waals surface area contributed by atoms with Gasteiger partial charge in [0.1, 0.15) is 6.10 Å². The van der Waals surface area contributed by atoms with E-state index in [1.165, 1.54) is 148 Å². The molecular weight excluding hydrogens is 621 g/mol. The Bertz CT molecular complexity index is 1050. The zero-order chi connectivity index (χ0) is 36.7. The van der Waals surface area contributed by atoms with Gasteiger partial charge >= 0.3 is 5.97 Å². The van der Waals surface area contributed by atoms with E-state index in [0.29, 0.717) is 29.1 Å². The number of hydrogen-bond donors (Lipinski definition) is 0. The molecule has 0 saturated heterocycles. The number of fused-ring (bicyclic) bond motifs is 5. The number of rotatable bonds is 24. The van der Waals surface area contributed by atoms with Crippen molar-refractivity contribution in [3.05, 3.63) is 23.8 Å². The van der Waals surface area contributed by atoms with Crippen LogP contribution >= 0.6 is 0 Å². The van der Waals surface area contributed by atoms with Crippen molar-refractivity contribution in [2.75, 3.05) is 0 Å². The first kappa shape index (κ1) is 42.7. The maximum absolute atomic E-state index is 12.9. The number of ether oxygens (including phenoxy) is 1. The fraction of sp³-hybridized carbons (Fsp3) is 0.898. The highest BCUT2D eigenvalue weighted by molar-refractivity contribution is 5.69. The van der Waals surface area contributed by atoms with Gasteiger partial charge in [-0.15, -0.1) is 0 Å². The summed E-state index contributed by atoms with van der Waals surface area (Å²) in [7, 11) is 0. The zero-order valence-corrected chi connectivity index (χ0v) is 35.3. The number of esters is 1. The molecule has 4 rings (SSSR count). The van der Waals surface area contributed by atoms with Crippen LogP contribution in [0, 0.1) is 52.3 Å². The molecule has 0 aromatic carbocycles. The maximum atomic E-state index is 12.9. The van der Waals surface area contributed by atoms with Crippen LogP contribution in [0.1, 0.15) is 222 Å². The largest absolute Gasteiger partial charge is 0.462 e. The Morgan fingerprint density at radius 2 is 1.33 bits per heavy atom. The van der Waals surface area contributed by atoms with Crippen LogP contribution in [0.25, 0.3) is 0 Å². The molecule has 9 atom stereocenters. The predicted molar refractivity (Wildman–Crippen MR) is 221 cm³/mol. The van der Waals surface area contributed by atoms with Crippen LogP contribution in [0.3, 0.4) is 0 Å². The highest BCUT2D eigenvalue weighted by atomic mass is 16.5. The molecule has 0 aliphatic heterocycles. The molecule has 3 saturated carbocycles. The SMILES string of the molecule is CCCCCCCCCCCCCCCCCCCC(=O)OC1CCC2(C)C(=CCC3C2CCC2(C)C(C(C)/C=C/C(CC)C(C)C)CCC32)C1. The van der Waals surface area contributed by atoms with Crippen molar-refractivity contribution in [2.24, 2.45) is 52.3 Å². The van der Waals surface area contributed by atoms with Gasteiger partial charge in [-0.2, -0.15) is 0 Å². The molecule has 4 aliphatic rings. The van der Waals surface area contributed by atoms with E-state index in [4.69, 9.17) is 4.74 Å². The average Bonchev–Trinajstić information content (AvgIpc) is 3.47. The number of hydrogen-bond acceptors (Lipinski definition) is 2. The molecule has 294 valence electrons. The van der Waals surface area contributed by atoms with Crippen LogP contribution in [-0.2, 0) is 9.53 Å². The molecule has 0 heterocycles. The molecular formula is C49H86O2. The summed E-state index contributed by atoms with van der Waals surface area (Å²) in [5, 5.41) is 0. The van der Waals surface area contributed by atoms with Crippen LogP contribution in [0.15, 0.2) is 23.8 Å². The number of unbranched alkanes of at least 4 members (excludes halogenated alkanes) is 16. The molecule has 9 unspecified atom stereocenters. The van der Waals surface area contributed by atoms with Gasteiger partial charge in [-0.05, 0) is 110 Å². The normalized spacial score (nSPS) is 31.6. The van der Waals surface area contributed by atoms with E-state index in [2.05, 4.69) is 66.7 Å². The third-order valence-electron chi connectivity index (χ3n) is 15.5. The van der Waals surface area contributed by atoms with E-state index in [-0.39, 0.29) is 12.1 Å². The number of carbonyl (C=O) groups is 1. The molecule has 0 aromatic heterocycles. The number of carbonyl (C=O) groups excluding carboxylic acids is 1. The Kier molecular flexibility index (Phi) is 18.2. The maximum Gasteiger partial charge on any atom is 0.306 e. The minimum absolute atomic E-state index is 0.0612. The average molecular weight is 707 g/mol. The molecule has 2 nitrogen and oxygen atoms in total. The van der Waals surface area contributed by atoms with Gasteiger partial charge < -0.3 is 4.74 Å². The van der Waals surface area contributed by atoms with E-state index >= 15 is 0 Å². The third-order valence-corrected chi connectivity index (χ3v) is 15.5. The fourth-order valence-corrected chi connectivity index (χ4v) is 12.2. The van der Waals surface area contributed by atoms with Crippen molar-refractivity contribution in [1.82, 2.24) is 0 Å². The Morgan fingerprint density at radius 3 is 1.90 bits per heavy atom. The Hall–Kier alpha value is -1.05. The van der Waals surface area contributed by atoms with E-state index in [0.717, 1.165) is 48.9 Å². The van der Waals surface area contributed by atoms with E-state index < -0.39 is 0 Å². The molecule has 3 fully saturated rings. The minimum atomic E-state index is 0.0612. The highest BCUT2D eigenvalue weighted by Gasteiger charge is 2.59. The molecule has 0 radical (unpaired) electrons. The first-order chi connectivity index (χ1) is 24.6. The Balaban J connectivity index is 1.09. The standard InChI is InChI=1S/C49H86O2/c1-8-10-11-12-13-14-15-16-17-18-19-20-21-22-23-24-25-26-47(50)51-42-33-35-48(6)41(37-42)29-30-43-45-32-31-44(49(45,7)36-34-46(43)48)39(5)27-28-40(9-2)38(3)4/h27-29,38-40,42-46H,8-26,30-37H2,1-7H3/b28-27+. The van der Waals surface area contributed by atoms with Gasteiger partial charge in [0.15, 0.2) is 0 Å². The smallest absolute Gasteiger partial charge is 0.306 e. The van der Waals surface area contributed by atoms with Crippen molar-refractivity contribution in [3.63, 3.8) is 0 Å². The van der Waals surface area contributed by atoms with Gasteiger partial charge in [0.2, 0.25) is 0 Å². The van der Waals surface area contributed by atoms with Gasteiger partial charge in [0.25, 0.3) is 0 Å². The summed E-state index contributed by atoms with van der Waals surface area (Å²) >= 11 is 0. The van der Waals surface area contributed by atoms with Crippen molar-refractivity contribution >= 4 is 5.97 Å². The Morgan fingerprint density at radius 1 is 0.745 bits per heavy atom. The summed E-state index contributed by atoms with van der Waals surface area (Å²) in [6.07, 6.45) is 43.3. The van der Waals surface area contributed by atoms with Crippen molar-refractivity contribution < 1.29 is 9.53 Å². The molecule has 0 N–H and O–H groups in total. The van der Waals surface area contributed by atoms with E-state index in [9.17, 15) is 4.79 Å².